The molecule has 3 atom stereocenters. The highest BCUT2D eigenvalue weighted by atomic mass is 79.9. The van der Waals surface area contributed by atoms with E-state index >= 15 is 0 Å². The normalized spacial score (nSPS) is 25.9. The average molecular weight is 457 g/mol. The molecule has 2 N–H and O–H groups in total. The Bertz CT molecular complexity index is 840. The van der Waals surface area contributed by atoms with Gasteiger partial charge in [-0.15, -0.1) is 0 Å². The van der Waals surface area contributed by atoms with Gasteiger partial charge in [0.2, 0.25) is 5.78 Å². The fourth-order valence-corrected chi connectivity index (χ4v) is 3.70. The van der Waals surface area contributed by atoms with Crippen LogP contribution in [-0.4, -0.2) is 52.6 Å². The number of ketones is 1. The third-order valence-electron chi connectivity index (χ3n) is 4.78. The number of ether oxygens (including phenoxy) is 2. The number of piperidine rings is 1. The summed E-state index contributed by atoms with van der Waals surface area (Å²) >= 11 is 3.11. The Labute approximate surface area is 170 Å². The SMILES string of the molecule is CC(C)(C)OC(=O)N1[C@H](C(=O)OCC(=O)c2ccc(Br)cc2F)C[C@@]2(N)C[C@@H]12. The zero-order chi connectivity index (χ0) is 20.9. The van der Waals surface area contributed by atoms with E-state index in [-0.39, 0.29) is 18.0 Å². The number of fused-ring (bicyclic) bond motifs is 1. The summed E-state index contributed by atoms with van der Waals surface area (Å²) in [7, 11) is 0. The lowest BCUT2D eigenvalue weighted by Gasteiger charge is -2.29. The minimum atomic E-state index is -0.929. The minimum absolute atomic E-state index is 0.176. The van der Waals surface area contributed by atoms with Crippen LogP contribution in [0, 0.1) is 5.82 Å². The number of nitrogens with zero attached hydrogens (tertiary/aromatic N) is 1. The lowest BCUT2D eigenvalue weighted by atomic mass is 10.1. The molecule has 9 heteroatoms. The standard InChI is InChI=1S/C19H22BrFN2O5/c1-18(2,3)28-17(26)23-13(7-19(22)8-15(19)23)16(25)27-9-14(24)11-5-4-10(20)6-12(11)21/h4-6,13,15H,7-9,22H2,1-3H3/t13-,15+,19+/m0/s1. The molecule has 0 radical (unpaired) electrons. The summed E-state index contributed by atoms with van der Waals surface area (Å²) in [5.41, 5.74) is 4.64. The Morgan fingerprint density at radius 2 is 2.00 bits per heavy atom. The summed E-state index contributed by atoms with van der Waals surface area (Å²) in [4.78, 5) is 38.5. The van der Waals surface area contributed by atoms with Crippen molar-refractivity contribution in [2.75, 3.05) is 6.61 Å². The second kappa shape index (κ2) is 7.11. The summed E-state index contributed by atoms with van der Waals surface area (Å²) in [5, 5.41) is 0. The van der Waals surface area contributed by atoms with E-state index in [4.69, 9.17) is 15.2 Å². The quantitative estimate of drug-likeness (QED) is 0.552. The minimum Gasteiger partial charge on any atom is -0.456 e. The molecule has 1 aliphatic heterocycles. The molecule has 1 saturated heterocycles. The molecule has 2 fully saturated rings. The number of benzene rings is 1. The molecule has 0 spiro atoms. The summed E-state index contributed by atoms with van der Waals surface area (Å²) < 4.78 is 24.8. The van der Waals surface area contributed by atoms with Crippen molar-refractivity contribution in [2.24, 2.45) is 5.73 Å². The number of Topliss-reactive ketones (excluding diaryl/α,β-unsaturated/α-hetero) is 1. The number of hydrogen-bond acceptors (Lipinski definition) is 6. The van der Waals surface area contributed by atoms with Gasteiger partial charge in [-0.1, -0.05) is 15.9 Å². The Hall–Kier alpha value is -2.00. The van der Waals surface area contributed by atoms with Crippen LogP contribution in [0.3, 0.4) is 0 Å². The highest BCUT2D eigenvalue weighted by Gasteiger charge is 2.66. The van der Waals surface area contributed by atoms with Crippen LogP contribution in [0.15, 0.2) is 22.7 Å². The van der Waals surface area contributed by atoms with E-state index in [9.17, 15) is 18.8 Å². The van der Waals surface area contributed by atoms with Gasteiger partial charge in [-0.25, -0.2) is 14.0 Å². The number of carbonyl (C=O) groups is 3. The van der Waals surface area contributed by atoms with Gasteiger partial charge in [0.05, 0.1) is 11.6 Å². The first-order chi connectivity index (χ1) is 12.9. The van der Waals surface area contributed by atoms with Crippen LogP contribution in [0.1, 0.15) is 44.0 Å². The smallest absolute Gasteiger partial charge is 0.411 e. The maximum atomic E-state index is 13.9. The second-order valence-electron chi connectivity index (χ2n) is 8.22. The molecule has 3 rings (SSSR count). The molecular formula is C19H22BrFN2O5. The second-order valence-corrected chi connectivity index (χ2v) is 9.13. The molecule has 0 bridgehead atoms. The third-order valence-corrected chi connectivity index (χ3v) is 5.27. The van der Waals surface area contributed by atoms with Crippen molar-refractivity contribution in [1.82, 2.24) is 4.90 Å². The number of nitrogens with two attached hydrogens (primary N) is 1. The van der Waals surface area contributed by atoms with Crippen LogP contribution in [0.25, 0.3) is 0 Å². The van der Waals surface area contributed by atoms with Gasteiger partial charge in [-0.3, -0.25) is 9.69 Å². The summed E-state index contributed by atoms with van der Waals surface area (Å²) in [6, 6.07) is 2.76. The topological polar surface area (TPSA) is 98.9 Å². The largest absolute Gasteiger partial charge is 0.456 e. The molecule has 1 amide bonds. The van der Waals surface area contributed by atoms with Crippen LogP contribution in [-0.2, 0) is 14.3 Å². The molecule has 1 aliphatic carbocycles. The van der Waals surface area contributed by atoms with Gasteiger partial charge in [-0.2, -0.15) is 0 Å². The van der Waals surface area contributed by atoms with Gasteiger partial charge in [0.15, 0.2) is 6.61 Å². The molecular weight excluding hydrogens is 435 g/mol. The number of rotatable bonds is 4. The molecule has 1 saturated carbocycles. The zero-order valence-electron chi connectivity index (χ0n) is 15.8. The van der Waals surface area contributed by atoms with Gasteiger partial charge < -0.3 is 15.2 Å². The lowest BCUT2D eigenvalue weighted by molar-refractivity contribution is -0.148. The fraction of sp³-hybridized carbons (Fsp3) is 0.526. The maximum absolute atomic E-state index is 13.9. The molecule has 0 unspecified atom stereocenters. The van der Waals surface area contributed by atoms with E-state index in [0.29, 0.717) is 10.9 Å². The highest BCUT2D eigenvalue weighted by Crippen LogP contribution is 2.50. The molecule has 28 heavy (non-hydrogen) atoms. The van der Waals surface area contributed by atoms with Crippen LogP contribution in [0.4, 0.5) is 9.18 Å². The lowest BCUT2D eigenvalue weighted by Crippen LogP contribution is -2.46. The Balaban J connectivity index is 1.66. The molecule has 0 aromatic heterocycles. The van der Waals surface area contributed by atoms with Crippen molar-refractivity contribution in [3.05, 3.63) is 34.1 Å². The van der Waals surface area contributed by atoms with E-state index < -0.39 is 47.5 Å². The van der Waals surface area contributed by atoms with Crippen molar-refractivity contribution < 1.29 is 28.2 Å². The van der Waals surface area contributed by atoms with Crippen LogP contribution >= 0.6 is 15.9 Å². The Morgan fingerprint density at radius 1 is 1.32 bits per heavy atom. The molecule has 1 heterocycles. The van der Waals surface area contributed by atoms with Crippen LogP contribution < -0.4 is 5.73 Å². The number of amides is 1. The predicted molar refractivity (Wildman–Crippen MR) is 101 cm³/mol. The number of esters is 1. The zero-order valence-corrected chi connectivity index (χ0v) is 17.4. The van der Waals surface area contributed by atoms with E-state index in [2.05, 4.69) is 15.9 Å². The van der Waals surface area contributed by atoms with E-state index in [0.717, 1.165) is 6.07 Å². The van der Waals surface area contributed by atoms with E-state index in [1.165, 1.54) is 17.0 Å². The van der Waals surface area contributed by atoms with E-state index in [1.807, 2.05) is 0 Å². The van der Waals surface area contributed by atoms with Gasteiger partial charge >= 0.3 is 12.1 Å². The van der Waals surface area contributed by atoms with Gasteiger partial charge in [-0.05, 0) is 51.8 Å². The third kappa shape index (κ3) is 4.20. The predicted octanol–water partition coefficient (Wildman–Crippen LogP) is 2.79. The Kier molecular flexibility index (Phi) is 5.26. The maximum Gasteiger partial charge on any atom is 0.411 e. The number of halogens is 2. The van der Waals surface area contributed by atoms with E-state index in [1.54, 1.807) is 20.8 Å². The number of carbonyl (C=O) groups excluding carboxylic acids is 3. The van der Waals surface area contributed by atoms with Crippen LogP contribution in [0.2, 0.25) is 0 Å². The van der Waals surface area contributed by atoms with Crippen molar-refractivity contribution >= 4 is 33.8 Å². The van der Waals surface area contributed by atoms with Crippen molar-refractivity contribution in [3.8, 4) is 0 Å². The van der Waals surface area contributed by atoms with Gasteiger partial charge in [0.1, 0.15) is 17.5 Å². The Morgan fingerprint density at radius 3 is 2.61 bits per heavy atom. The monoisotopic (exact) mass is 456 g/mol. The first-order valence-corrected chi connectivity index (χ1v) is 9.66. The molecule has 1 aromatic carbocycles. The fourth-order valence-electron chi connectivity index (χ4n) is 3.36. The summed E-state index contributed by atoms with van der Waals surface area (Å²) in [6.45, 7) is 4.55. The average Bonchev–Trinajstić information content (AvgIpc) is 3.11. The number of likely N-dealkylation sites (tertiary alicyclic amines) is 1. The first-order valence-electron chi connectivity index (χ1n) is 8.86. The molecule has 2 aliphatic rings. The first kappa shape index (κ1) is 20.7. The van der Waals surface area contributed by atoms with Gasteiger partial charge in [0, 0.05) is 10.0 Å². The number of hydrogen-bond donors (Lipinski definition) is 1. The summed E-state index contributed by atoms with van der Waals surface area (Å²) in [5.74, 6) is -2.14. The van der Waals surface area contributed by atoms with Crippen LogP contribution in [0.5, 0.6) is 0 Å². The molecule has 7 nitrogen and oxygen atoms in total. The summed E-state index contributed by atoms with van der Waals surface area (Å²) in [6.07, 6.45) is 0.171. The molecule has 152 valence electrons. The van der Waals surface area contributed by atoms with Gasteiger partial charge in [0.25, 0.3) is 0 Å². The van der Waals surface area contributed by atoms with Crippen molar-refractivity contribution in [2.45, 2.75) is 56.8 Å². The highest BCUT2D eigenvalue weighted by molar-refractivity contribution is 9.10. The van der Waals surface area contributed by atoms with Crippen molar-refractivity contribution in [3.63, 3.8) is 0 Å². The molecule has 1 aromatic rings. The van der Waals surface area contributed by atoms with Crippen molar-refractivity contribution in [1.29, 1.82) is 0 Å².